The lowest BCUT2D eigenvalue weighted by molar-refractivity contribution is 0.131. The summed E-state index contributed by atoms with van der Waals surface area (Å²) < 4.78 is 27.2. The highest BCUT2D eigenvalue weighted by Gasteiger charge is 2.27. The van der Waals surface area contributed by atoms with Gasteiger partial charge in [0.25, 0.3) is 0 Å². The first-order chi connectivity index (χ1) is 9.17. The summed E-state index contributed by atoms with van der Waals surface area (Å²) in [4.78, 5) is 2.18. The molecule has 1 fully saturated rings. The van der Waals surface area contributed by atoms with Crippen LogP contribution in [0, 0.1) is 17.6 Å². The summed E-state index contributed by atoms with van der Waals surface area (Å²) in [5, 5.41) is 0. The number of benzene rings is 1. The molecule has 0 saturated carbocycles. The average Bonchev–Trinajstić information content (AvgIpc) is 2.45. The van der Waals surface area contributed by atoms with Gasteiger partial charge in [-0.1, -0.05) is 25.5 Å². The van der Waals surface area contributed by atoms with Crippen molar-refractivity contribution in [3.63, 3.8) is 0 Å². The number of rotatable bonds is 4. The van der Waals surface area contributed by atoms with Gasteiger partial charge in [-0.25, -0.2) is 8.78 Å². The van der Waals surface area contributed by atoms with Crippen LogP contribution in [0.3, 0.4) is 0 Å². The minimum atomic E-state index is -0.792. The molecule has 1 aromatic carbocycles. The van der Waals surface area contributed by atoms with Crippen molar-refractivity contribution in [3.05, 3.63) is 35.4 Å². The summed E-state index contributed by atoms with van der Waals surface area (Å²) in [5.74, 6) is -0.790. The molecule has 2 rings (SSSR count). The quantitative estimate of drug-likeness (QED) is 0.909. The van der Waals surface area contributed by atoms with E-state index in [9.17, 15) is 8.78 Å². The van der Waals surface area contributed by atoms with E-state index in [1.54, 1.807) is 12.1 Å². The van der Waals surface area contributed by atoms with Crippen molar-refractivity contribution in [3.8, 4) is 0 Å². The molecule has 0 aromatic heterocycles. The zero-order chi connectivity index (χ0) is 13.8. The van der Waals surface area contributed by atoms with Gasteiger partial charge in [0.15, 0.2) is 11.6 Å². The van der Waals surface area contributed by atoms with E-state index in [-0.39, 0.29) is 6.04 Å². The van der Waals surface area contributed by atoms with Gasteiger partial charge in [-0.2, -0.15) is 0 Å². The smallest absolute Gasteiger partial charge is 0.163 e. The maximum atomic E-state index is 13.9. The van der Waals surface area contributed by atoms with Gasteiger partial charge in [0.05, 0.1) is 6.04 Å². The lowest BCUT2D eigenvalue weighted by Crippen LogP contribution is -2.40. The minimum Gasteiger partial charge on any atom is -0.329 e. The van der Waals surface area contributed by atoms with Crippen LogP contribution >= 0.6 is 0 Å². The van der Waals surface area contributed by atoms with E-state index in [1.807, 2.05) is 0 Å². The third-order valence-electron chi connectivity index (χ3n) is 4.23. The van der Waals surface area contributed by atoms with Crippen LogP contribution in [0.5, 0.6) is 0 Å². The first-order valence-electron chi connectivity index (χ1n) is 7.05. The molecule has 1 saturated heterocycles. The lowest BCUT2D eigenvalue weighted by Gasteiger charge is -2.37. The van der Waals surface area contributed by atoms with Gasteiger partial charge < -0.3 is 5.73 Å². The molecule has 0 spiro atoms. The molecule has 1 aliphatic rings. The Bertz CT molecular complexity index is 415. The number of hydrogen-bond donors (Lipinski definition) is 1. The molecule has 1 aromatic rings. The highest BCUT2D eigenvalue weighted by atomic mass is 19.2. The number of nitrogens with zero attached hydrogens (tertiary/aromatic N) is 1. The maximum Gasteiger partial charge on any atom is 0.163 e. The fourth-order valence-corrected chi connectivity index (χ4v) is 2.92. The maximum absolute atomic E-state index is 13.9. The van der Waals surface area contributed by atoms with Crippen LogP contribution in [0.2, 0.25) is 0 Å². The molecule has 0 amide bonds. The normalized spacial score (nSPS) is 19.6. The molecule has 1 heterocycles. The van der Waals surface area contributed by atoms with Crippen molar-refractivity contribution < 1.29 is 8.78 Å². The van der Waals surface area contributed by atoms with Crippen LogP contribution in [0.15, 0.2) is 18.2 Å². The molecule has 1 aliphatic heterocycles. The van der Waals surface area contributed by atoms with Crippen molar-refractivity contribution in [1.29, 1.82) is 0 Å². The molecular formula is C15H22F2N2. The Kier molecular flexibility index (Phi) is 4.88. The third-order valence-corrected chi connectivity index (χ3v) is 4.23. The van der Waals surface area contributed by atoms with Gasteiger partial charge in [0.1, 0.15) is 0 Å². The van der Waals surface area contributed by atoms with Gasteiger partial charge in [-0.3, -0.25) is 4.90 Å². The van der Waals surface area contributed by atoms with Crippen molar-refractivity contribution in [2.24, 2.45) is 11.7 Å². The Morgan fingerprint density at radius 3 is 2.58 bits per heavy atom. The van der Waals surface area contributed by atoms with Crippen molar-refractivity contribution in [2.45, 2.75) is 32.2 Å². The molecule has 4 heteroatoms. The van der Waals surface area contributed by atoms with E-state index in [4.69, 9.17) is 5.73 Å². The molecule has 1 unspecified atom stereocenters. The molecule has 0 aliphatic carbocycles. The zero-order valence-electron chi connectivity index (χ0n) is 11.4. The molecule has 106 valence electrons. The Morgan fingerprint density at radius 2 is 2.00 bits per heavy atom. The summed E-state index contributed by atoms with van der Waals surface area (Å²) in [5.41, 5.74) is 6.18. The van der Waals surface area contributed by atoms with Crippen LogP contribution in [-0.2, 0) is 0 Å². The molecular weight excluding hydrogens is 246 g/mol. The summed E-state index contributed by atoms with van der Waals surface area (Å²) in [7, 11) is 0. The third kappa shape index (κ3) is 3.12. The second-order valence-corrected chi connectivity index (χ2v) is 5.28. The Hall–Kier alpha value is -1.00. The number of hydrogen-bond acceptors (Lipinski definition) is 2. The summed E-state index contributed by atoms with van der Waals surface area (Å²) >= 11 is 0. The zero-order valence-corrected chi connectivity index (χ0v) is 11.4. The second kappa shape index (κ2) is 6.44. The van der Waals surface area contributed by atoms with E-state index < -0.39 is 11.6 Å². The fourth-order valence-electron chi connectivity index (χ4n) is 2.92. The first-order valence-corrected chi connectivity index (χ1v) is 7.05. The predicted octanol–water partition coefficient (Wildman–Crippen LogP) is 3.09. The average molecular weight is 268 g/mol. The molecule has 0 radical (unpaired) electrons. The highest BCUT2D eigenvalue weighted by Crippen LogP contribution is 2.29. The van der Waals surface area contributed by atoms with Crippen molar-refractivity contribution in [1.82, 2.24) is 4.90 Å². The van der Waals surface area contributed by atoms with Crippen LogP contribution in [-0.4, -0.2) is 24.5 Å². The second-order valence-electron chi connectivity index (χ2n) is 5.28. The van der Waals surface area contributed by atoms with E-state index in [0.717, 1.165) is 37.9 Å². The topological polar surface area (TPSA) is 29.3 Å². The summed E-state index contributed by atoms with van der Waals surface area (Å²) in [6.45, 7) is 4.34. The van der Waals surface area contributed by atoms with Gasteiger partial charge in [-0.05, 0) is 37.9 Å². The van der Waals surface area contributed by atoms with Gasteiger partial charge >= 0.3 is 0 Å². The van der Waals surface area contributed by atoms with Crippen LogP contribution in [0.1, 0.15) is 37.8 Å². The van der Waals surface area contributed by atoms with Crippen molar-refractivity contribution >= 4 is 0 Å². The van der Waals surface area contributed by atoms with E-state index >= 15 is 0 Å². The SMILES string of the molecule is CCC1CCN(C(CN)c2cccc(F)c2F)CC1. The fraction of sp³-hybridized carbons (Fsp3) is 0.600. The van der Waals surface area contributed by atoms with Gasteiger partial charge in [0, 0.05) is 12.1 Å². The van der Waals surface area contributed by atoms with E-state index in [1.165, 1.54) is 6.42 Å². The number of halogens is 2. The monoisotopic (exact) mass is 268 g/mol. The predicted molar refractivity (Wildman–Crippen MR) is 72.7 cm³/mol. The molecule has 2 N–H and O–H groups in total. The number of nitrogens with two attached hydrogens (primary N) is 1. The summed E-state index contributed by atoms with van der Waals surface area (Å²) in [6, 6.07) is 4.13. The van der Waals surface area contributed by atoms with Crippen molar-refractivity contribution in [2.75, 3.05) is 19.6 Å². The van der Waals surface area contributed by atoms with E-state index in [0.29, 0.717) is 12.1 Å². The van der Waals surface area contributed by atoms with Crippen LogP contribution in [0.25, 0.3) is 0 Å². The van der Waals surface area contributed by atoms with E-state index in [2.05, 4.69) is 11.8 Å². The summed E-state index contributed by atoms with van der Waals surface area (Å²) in [6.07, 6.45) is 3.42. The molecule has 19 heavy (non-hydrogen) atoms. The molecule has 0 bridgehead atoms. The highest BCUT2D eigenvalue weighted by molar-refractivity contribution is 5.23. The Balaban J connectivity index is 2.14. The van der Waals surface area contributed by atoms with Gasteiger partial charge in [0.2, 0.25) is 0 Å². The Labute approximate surface area is 113 Å². The largest absolute Gasteiger partial charge is 0.329 e. The number of likely N-dealkylation sites (tertiary alicyclic amines) is 1. The first kappa shape index (κ1) is 14.4. The van der Waals surface area contributed by atoms with Crippen LogP contribution < -0.4 is 5.73 Å². The lowest BCUT2D eigenvalue weighted by atomic mass is 9.92. The number of piperidine rings is 1. The standard InChI is InChI=1S/C15H22F2N2/c1-2-11-6-8-19(9-7-11)14(10-18)12-4-3-5-13(16)15(12)17/h3-5,11,14H,2,6-10,18H2,1H3. The van der Waals surface area contributed by atoms with Crippen LogP contribution in [0.4, 0.5) is 8.78 Å². The molecule has 2 nitrogen and oxygen atoms in total. The molecule has 1 atom stereocenters. The van der Waals surface area contributed by atoms with Gasteiger partial charge in [-0.15, -0.1) is 0 Å². The minimum absolute atomic E-state index is 0.214. The Morgan fingerprint density at radius 1 is 1.32 bits per heavy atom.